The number of hydrogen-bond acceptors (Lipinski definition) is 3. The van der Waals surface area contributed by atoms with Gasteiger partial charge in [-0.15, -0.1) is 0 Å². The van der Waals surface area contributed by atoms with Gasteiger partial charge in [-0.25, -0.2) is 0 Å². The lowest BCUT2D eigenvalue weighted by molar-refractivity contribution is 0.101. The van der Waals surface area contributed by atoms with E-state index in [-0.39, 0.29) is 12.1 Å². The average Bonchev–Trinajstić information content (AvgIpc) is 3.12. The van der Waals surface area contributed by atoms with Gasteiger partial charge in [-0.3, -0.25) is 0 Å². The van der Waals surface area contributed by atoms with Crippen molar-refractivity contribution < 1.29 is 5.11 Å². The number of rotatable bonds is 7. The van der Waals surface area contributed by atoms with Crippen LogP contribution in [-0.2, 0) is 0 Å². The number of nitrogens with one attached hydrogen (secondary N) is 1. The molecule has 3 aliphatic rings. The summed E-state index contributed by atoms with van der Waals surface area (Å²) in [7, 11) is 0. The Labute approximate surface area is 124 Å². The molecule has 0 aromatic rings. The predicted octanol–water partition coefficient (Wildman–Crippen LogP) is 2.53. The van der Waals surface area contributed by atoms with Gasteiger partial charge in [0, 0.05) is 17.6 Å². The van der Waals surface area contributed by atoms with Crippen molar-refractivity contribution in [2.24, 2.45) is 5.92 Å². The Balaban J connectivity index is 1.43. The third-order valence-corrected chi connectivity index (χ3v) is 5.76. The van der Waals surface area contributed by atoms with E-state index in [1.165, 1.54) is 64.5 Å². The number of piperidine rings is 1. The van der Waals surface area contributed by atoms with Gasteiger partial charge in [-0.05, 0) is 77.3 Å². The van der Waals surface area contributed by atoms with E-state index in [1.54, 1.807) is 0 Å². The molecule has 3 heteroatoms. The van der Waals surface area contributed by atoms with Crippen molar-refractivity contribution in [2.45, 2.75) is 82.3 Å². The summed E-state index contributed by atoms with van der Waals surface area (Å²) in [4.78, 5) is 2.76. The first kappa shape index (κ1) is 14.8. The quantitative estimate of drug-likeness (QED) is 0.752. The van der Waals surface area contributed by atoms with Crippen molar-refractivity contribution in [3.63, 3.8) is 0 Å². The first-order valence-corrected chi connectivity index (χ1v) is 8.83. The molecule has 3 nitrogen and oxygen atoms in total. The zero-order valence-electron chi connectivity index (χ0n) is 13.1. The summed E-state index contributed by atoms with van der Waals surface area (Å²) in [5.41, 5.74) is -0.0496. The summed E-state index contributed by atoms with van der Waals surface area (Å²) < 4.78 is 0. The molecule has 3 atom stereocenters. The summed E-state index contributed by atoms with van der Waals surface area (Å²) in [5, 5.41) is 13.3. The lowest BCUT2D eigenvalue weighted by atomic mass is 9.91. The van der Waals surface area contributed by atoms with E-state index in [1.807, 2.05) is 0 Å². The normalized spacial score (nSPS) is 33.9. The molecule has 0 aromatic carbocycles. The van der Waals surface area contributed by atoms with Crippen LogP contribution in [0.1, 0.15) is 64.7 Å². The van der Waals surface area contributed by atoms with Crippen LogP contribution in [0.3, 0.4) is 0 Å². The summed E-state index contributed by atoms with van der Waals surface area (Å²) in [5.74, 6) is 0.998. The molecule has 2 aliphatic carbocycles. The average molecular weight is 280 g/mol. The molecule has 0 aromatic heterocycles. The molecule has 0 bridgehead atoms. The highest BCUT2D eigenvalue weighted by Crippen LogP contribution is 2.37. The van der Waals surface area contributed by atoms with Gasteiger partial charge in [0.15, 0.2) is 0 Å². The fourth-order valence-electron chi connectivity index (χ4n) is 4.42. The molecule has 20 heavy (non-hydrogen) atoms. The number of hydrogen-bond donors (Lipinski definition) is 2. The summed E-state index contributed by atoms with van der Waals surface area (Å²) in [6, 6.07) is 1.57. The largest absolute Gasteiger partial charge is 0.394 e. The van der Waals surface area contributed by atoms with E-state index < -0.39 is 0 Å². The Morgan fingerprint density at radius 2 is 1.95 bits per heavy atom. The molecule has 0 radical (unpaired) electrons. The molecule has 1 saturated heterocycles. The Hall–Kier alpha value is -0.120. The van der Waals surface area contributed by atoms with E-state index in [9.17, 15) is 5.11 Å². The topological polar surface area (TPSA) is 35.5 Å². The monoisotopic (exact) mass is 280 g/mol. The molecule has 0 amide bonds. The highest BCUT2D eigenvalue weighted by atomic mass is 16.3. The standard InChI is InChI=1S/C17H32N2O/c1-17(13-20,18-15-8-9-15)10-4-12-19-11-3-6-14-5-2-7-16(14)19/h14-16,18,20H,2-13H2,1H3. The fraction of sp³-hybridized carbons (Fsp3) is 1.00. The van der Waals surface area contributed by atoms with E-state index in [4.69, 9.17) is 0 Å². The van der Waals surface area contributed by atoms with Crippen LogP contribution in [0.15, 0.2) is 0 Å². The van der Waals surface area contributed by atoms with Crippen molar-refractivity contribution in [3.8, 4) is 0 Å². The molecule has 116 valence electrons. The maximum absolute atomic E-state index is 9.67. The molecule has 3 rings (SSSR count). The van der Waals surface area contributed by atoms with Gasteiger partial charge >= 0.3 is 0 Å². The minimum atomic E-state index is -0.0496. The highest BCUT2D eigenvalue weighted by molar-refractivity contribution is 4.93. The van der Waals surface area contributed by atoms with Crippen molar-refractivity contribution in [1.82, 2.24) is 10.2 Å². The van der Waals surface area contributed by atoms with Crippen LogP contribution in [0.4, 0.5) is 0 Å². The second kappa shape index (κ2) is 6.33. The van der Waals surface area contributed by atoms with Crippen LogP contribution in [-0.4, -0.2) is 47.3 Å². The van der Waals surface area contributed by atoms with Crippen LogP contribution in [0.2, 0.25) is 0 Å². The molecule has 1 aliphatic heterocycles. The summed E-state index contributed by atoms with van der Waals surface area (Å²) >= 11 is 0. The maximum Gasteiger partial charge on any atom is 0.0610 e. The Kier molecular flexibility index (Phi) is 4.68. The minimum absolute atomic E-state index is 0.0496. The van der Waals surface area contributed by atoms with E-state index in [2.05, 4.69) is 17.1 Å². The number of likely N-dealkylation sites (tertiary alicyclic amines) is 1. The molecule has 2 N–H and O–H groups in total. The number of aliphatic hydroxyl groups is 1. The van der Waals surface area contributed by atoms with Gasteiger partial charge in [0.2, 0.25) is 0 Å². The number of fused-ring (bicyclic) bond motifs is 1. The van der Waals surface area contributed by atoms with Gasteiger partial charge in [-0.2, -0.15) is 0 Å². The van der Waals surface area contributed by atoms with Crippen LogP contribution in [0.5, 0.6) is 0 Å². The molecular weight excluding hydrogens is 248 g/mol. The fourth-order valence-corrected chi connectivity index (χ4v) is 4.42. The predicted molar refractivity (Wildman–Crippen MR) is 82.8 cm³/mol. The summed E-state index contributed by atoms with van der Waals surface area (Å²) in [6.45, 7) is 5.02. The molecular formula is C17H32N2O. The van der Waals surface area contributed by atoms with Crippen molar-refractivity contribution >= 4 is 0 Å². The van der Waals surface area contributed by atoms with E-state index in [0.29, 0.717) is 6.04 Å². The first-order chi connectivity index (χ1) is 9.70. The van der Waals surface area contributed by atoms with E-state index in [0.717, 1.165) is 18.4 Å². The SMILES string of the molecule is CC(CO)(CCCN1CCCC2CCCC21)NC1CC1. The van der Waals surface area contributed by atoms with Crippen LogP contribution >= 0.6 is 0 Å². The van der Waals surface area contributed by atoms with Gasteiger partial charge in [-0.1, -0.05) is 6.42 Å². The third-order valence-electron chi connectivity index (χ3n) is 5.76. The lowest BCUT2D eigenvalue weighted by Gasteiger charge is -2.38. The van der Waals surface area contributed by atoms with Gasteiger partial charge in [0.1, 0.15) is 0 Å². The van der Waals surface area contributed by atoms with Gasteiger partial charge < -0.3 is 15.3 Å². The third kappa shape index (κ3) is 3.55. The molecule has 3 unspecified atom stereocenters. The van der Waals surface area contributed by atoms with Crippen molar-refractivity contribution in [1.29, 1.82) is 0 Å². The Morgan fingerprint density at radius 1 is 1.15 bits per heavy atom. The Bertz CT molecular complexity index is 318. The molecule has 0 spiro atoms. The van der Waals surface area contributed by atoms with Crippen LogP contribution < -0.4 is 5.32 Å². The van der Waals surface area contributed by atoms with Gasteiger partial charge in [0.25, 0.3) is 0 Å². The molecule has 2 saturated carbocycles. The van der Waals surface area contributed by atoms with Crippen molar-refractivity contribution in [3.05, 3.63) is 0 Å². The maximum atomic E-state index is 9.67. The highest BCUT2D eigenvalue weighted by Gasteiger charge is 2.35. The van der Waals surface area contributed by atoms with Crippen molar-refractivity contribution in [2.75, 3.05) is 19.7 Å². The Morgan fingerprint density at radius 3 is 2.70 bits per heavy atom. The molecule has 3 fully saturated rings. The first-order valence-electron chi connectivity index (χ1n) is 8.83. The van der Waals surface area contributed by atoms with E-state index >= 15 is 0 Å². The lowest BCUT2D eigenvalue weighted by Crippen LogP contribution is -2.48. The smallest absolute Gasteiger partial charge is 0.0610 e. The second-order valence-electron chi connectivity index (χ2n) is 7.68. The zero-order valence-corrected chi connectivity index (χ0v) is 13.1. The minimum Gasteiger partial charge on any atom is -0.394 e. The molecule has 1 heterocycles. The number of nitrogens with zero attached hydrogens (tertiary/aromatic N) is 1. The second-order valence-corrected chi connectivity index (χ2v) is 7.68. The van der Waals surface area contributed by atoms with Crippen LogP contribution in [0.25, 0.3) is 0 Å². The zero-order chi connectivity index (χ0) is 14.0. The number of aliphatic hydroxyl groups excluding tert-OH is 1. The van der Waals surface area contributed by atoms with Gasteiger partial charge in [0.05, 0.1) is 6.61 Å². The summed E-state index contributed by atoms with van der Waals surface area (Å²) in [6.07, 6.45) is 12.1. The van der Waals surface area contributed by atoms with Crippen LogP contribution in [0, 0.1) is 5.92 Å².